The van der Waals surface area contributed by atoms with Gasteiger partial charge in [-0.25, -0.2) is 0 Å². The minimum atomic E-state index is -0.294. The van der Waals surface area contributed by atoms with E-state index in [-0.39, 0.29) is 30.5 Å². The van der Waals surface area contributed by atoms with Gasteiger partial charge in [0.05, 0.1) is 10.6 Å². The first kappa shape index (κ1) is 17.7. The van der Waals surface area contributed by atoms with Crippen molar-refractivity contribution in [1.82, 2.24) is 4.90 Å². The molecule has 2 aromatic rings. The van der Waals surface area contributed by atoms with E-state index >= 15 is 0 Å². The summed E-state index contributed by atoms with van der Waals surface area (Å²) >= 11 is 8.04. The van der Waals surface area contributed by atoms with Gasteiger partial charge in [0.25, 0.3) is 5.91 Å². The first-order chi connectivity index (χ1) is 12.0. The summed E-state index contributed by atoms with van der Waals surface area (Å²) in [5, 5.41) is 14.2. The Morgan fingerprint density at radius 3 is 2.80 bits per heavy atom. The second kappa shape index (κ2) is 7.81. The minimum absolute atomic E-state index is 0.000317. The Morgan fingerprint density at radius 2 is 2.08 bits per heavy atom. The Labute approximate surface area is 158 Å². The average molecular weight is 391 g/mol. The van der Waals surface area contributed by atoms with Gasteiger partial charge in [-0.2, -0.15) is 0 Å². The molecule has 0 radical (unpaired) electrons. The van der Waals surface area contributed by atoms with E-state index in [0.29, 0.717) is 14.9 Å². The van der Waals surface area contributed by atoms with Crippen LogP contribution in [0, 0.1) is 0 Å². The van der Waals surface area contributed by atoms with Crippen LogP contribution in [0.25, 0.3) is 6.08 Å². The molecule has 1 aromatic carbocycles. The molecule has 2 N–H and O–H groups in total. The average Bonchev–Trinajstić information content (AvgIpc) is 3.18. The second-order valence-electron chi connectivity index (χ2n) is 5.16. The lowest BCUT2D eigenvalue weighted by molar-refractivity contribution is -0.122. The predicted octanol–water partition coefficient (Wildman–Crippen LogP) is 3.68. The first-order valence-electron chi connectivity index (χ1n) is 7.41. The van der Waals surface area contributed by atoms with Gasteiger partial charge in [0.2, 0.25) is 5.91 Å². The second-order valence-corrected chi connectivity index (χ2v) is 7.82. The molecule has 2 amide bonds. The number of anilines is 1. The lowest BCUT2D eigenvalue weighted by Gasteiger charge is -2.14. The quantitative estimate of drug-likeness (QED) is 0.463. The topological polar surface area (TPSA) is 69.6 Å². The molecule has 5 nitrogen and oxygen atoms in total. The fourth-order valence-electron chi connectivity index (χ4n) is 2.20. The number of rotatable bonds is 5. The largest absolute Gasteiger partial charge is 0.506 e. The molecule has 1 aliphatic heterocycles. The zero-order valence-corrected chi connectivity index (χ0v) is 15.4. The number of hydrogen-bond donors (Lipinski definition) is 2. The van der Waals surface area contributed by atoms with E-state index in [2.05, 4.69) is 5.32 Å². The van der Waals surface area contributed by atoms with Crippen LogP contribution >= 0.6 is 35.3 Å². The summed E-state index contributed by atoms with van der Waals surface area (Å²) in [4.78, 5) is 27.5. The van der Waals surface area contributed by atoms with Crippen molar-refractivity contribution in [1.29, 1.82) is 0 Å². The van der Waals surface area contributed by atoms with Crippen molar-refractivity contribution < 1.29 is 14.7 Å². The van der Waals surface area contributed by atoms with Crippen molar-refractivity contribution in [3.05, 3.63) is 51.6 Å². The number of hydrogen-bond acceptors (Lipinski definition) is 6. The van der Waals surface area contributed by atoms with E-state index in [1.807, 2.05) is 23.6 Å². The third-order valence-electron chi connectivity index (χ3n) is 3.43. The van der Waals surface area contributed by atoms with Crippen LogP contribution in [0.2, 0.25) is 0 Å². The molecule has 1 aliphatic rings. The van der Waals surface area contributed by atoms with Gasteiger partial charge in [0.15, 0.2) is 0 Å². The zero-order valence-electron chi connectivity index (χ0n) is 13.0. The molecule has 8 heteroatoms. The molecular weight excluding hydrogens is 376 g/mol. The van der Waals surface area contributed by atoms with E-state index in [4.69, 9.17) is 12.2 Å². The summed E-state index contributed by atoms with van der Waals surface area (Å²) in [7, 11) is 0. The first-order valence-corrected chi connectivity index (χ1v) is 9.52. The number of phenols is 1. The van der Waals surface area contributed by atoms with Crippen LogP contribution in [0.4, 0.5) is 5.69 Å². The molecule has 0 atom stereocenters. The number of thioether (sulfide) groups is 1. The summed E-state index contributed by atoms with van der Waals surface area (Å²) in [5.41, 5.74) is 0.343. The van der Waals surface area contributed by atoms with Crippen molar-refractivity contribution in [2.75, 3.05) is 11.9 Å². The number of nitrogens with one attached hydrogen (secondary N) is 1. The van der Waals surface area contributed by atoms with Gasteiger partial charge in [0, 0.05) is 17.8 Å². The Bertz CT molecular complexity index is 847. The zero-order chi connectivity index (χ0) is 17.8. The number of thiocarbonyl (C=S) groups is 1. The van der Waals surface area contributed by atoms with Crippen LogP contribution in [0.3, 0.4) is 0 Å². The predicted molar refractivity (Wildman–Crippen MR) is 106 cm³/mol. The van der Waals surface area contributed by atoms with Crippen molar-refractivity contribution in [2.24, 2.45) is 0 Å². The van der Waals surface area contributed by atoms with E-state index in [0.717, 1.165) is 4.88 Å². The summed E-state index contributed by atoms with van der Waals surface area (Å²) in [5.74, 6) is -0.475. The number of nitrogens with zero attached hydrogens (tertiary/aromatic N) is 1. The molecule has 2 heterocycles. The maximum Gasteiger partial charge on any atom is 0.266 e. The molecule has 1 aromatic heterocycles. The van der Waals surface area contributed by atoms with Gasteiger partial charge in [-0.3, -0.25) is 14.5 Å². The number of phenolic OH excluding ortho intramolecular Hbond substituents is 1. The van der Waals surface area contributed by atoms with E-state index in [1.165, 1.54) is 22.7 Å². The van der Waals surface area contributed by atoms with Crippen molar-refractivity contribution >= 4 is 63.2 Å². The van der Waals surface area contributed by atoms with Gasteiger partial charge >= 0.3 is 0 Å². The highest BCUT2D eigenvalue weighted by atomic mass is 32.2. The molecule has 1 fully saturated rings. The minimum Gasteiger partial charge on any atom is -0.506 e. The standard InChI is InChI=1S/C17H14N2O3S3/c20-13-6-2-1-5-12(13)18-15(21)7-8-19-16(22)14(25-17(19)23)10-11-4-3-9-24-11/h1-6,9-10,20H,7-8H2,(H,18,21)/b14-10+. The van der Waals surface area contributed by atoms with Gasteiger partial charge in [-0.15, -0.1) is 11.3 Å². The maximum atomic E-state index is 12.4. The highest BCUT2D eigenvalue weighted by molar-refractivity contribution is 8.26. The van der Waals surface area contributed by atoms with Crippen LogP contribution in [0.5, 0.6) is 5.75 Å². The third kappa shape index (κ3) is 4.28. The van der Waals surface area contributed by atoms with Gasteiger partial charge in [-0.05, 0) is 29.7 Å². The number of carbonyl (C=O) groups excluding carboxylic acids is 2. The van der Waals surface area contributed by atoms with E-state index in [9.17, 15) is 14.7 Å². The Balaban J connectivity index is 1.59. The number of aromatic hydroxyl groups is 1. The van der Waals surface area contributed by atoms with E-state index < -0.39 is 0 Å². The van der Waals surface area contributed by atoms with Gasteiger partial charge in [0.1, 0.15) is 10.1 Å². The van der Waals surface area contributed by atoms with Crippen LogP contribution in [0.1, 0.15) is 11.3 Å². The van der Waals surface area contributed by atoms with Crippen LogP contribution in [-0.2, 0) is 9.59 Å². The van der Waals surface area contributed by atoms with Crippen molar-refractivity contribution in [3.63, 3.8) is 0 Å². The number of thiophene rings is 1. The molecule has 25 heavy (non-hydrogen) atoms. The van der Waals surface area contributed by atoms with Crippen LogP contribution in [0.15, 0.2) is 46.7 Å². The van der Waals surface area contributed by atoms with Gasteiger partial charge < -0.3 is 10.4 Å². The summed E-state index contributed by atoms with van der Waals surface area (Å²) in [6, 6.07) is 10.3. The SMILES string of the molecule is O=C(CCN1C(=O)/C(=C\c2cccs2)SC1=S)Nc1ccccc1O. The Hall–Kier alpha value is -2.16. The maximum absolute atomic E-state index is 12.4. The Morgan fingerprint density at radius 1 is 1.28 bits per heavy atom. The number of benzene rings is 1. The lowest BCUT2D eigenvalue weighted by Crippen LogP contribution is -2.31. The molecule has 3 rings (SSSR count). The lowest BCUT2D eigenvalue weighted by atomic mass is 10.2. The highest BCUT2D eigenvalue weighted by Crippen LogP contribution is 2.33. The summed E-state index contributed by atoms with van der Waals surface area (Å²) in [6.07, 6.45) is 1.90. The Kier molecular flexibility index (Phi) is 5.52. The van der Waals surface area contributed by atoms with Crippen molar-refractivity contribution in [3.8, 4) is 5.75 Å². The third-order valence-corrected chi connectivity index (χ3v) is 5.63. The fraction of sp³-hybridized carbons (Fsp3) is 0.118. The smallest absolute Gasteiger partial charge is 0.266 e. The molecule has 128 valence electrons. The monoisotopic (exact) mass is 390 g/mol. The summed E-state index contributed by atoms with van der Waals surface area (Å²) in [6.45, 7) is 0.200. The summed E-state index contributed by atoms with van der Waals surface area (Å²) < 4.78 is 0.447. The molecule has 0 unspecified atom stereocenters. The van der Waals surface area contributed by atoms with Crippen LogP contribution in [-0.4, -0.2) is 32.7 Å². The van der Waals surface area contributed by atoms with Gasteiger partial charge in [-0.1, -0.05) is 42.2 Å². The molecular formula is C17H14N2O3S3. The molecule has 0 spiro atoms. The molecule has 0 saturated carbocycles. The van der Waals surface area contributed by atoms with Crippen LogP contribution < -0.4 is 5.32 Å². The van der Waals surface area contributed by atoms with E-state index in [1.54, 1.807) is 29.5 Å². The number of para-hydroxylation sites is 2. The number of carbonyl (C=O) groups is 2. The molecule has 0 aliphatic carbocycles. The number of amides is 2. The molecule has 1 saturated heterocycles. The highest BCUT2D eigenvalue weighted by Gasteiger charge is 2.32. The molecule has 0 bridgehead atoms. The van der Waals surface area contributed by atoms with Crippen molar-refractivity contribution in [2.45, 2.75) is 6.42 Å². The fourth-order valence-corrected chi connectivity index (χ4v) is 4.23. The normalized spacial score (nSPS) is 15.8.